The fraction of sp³-hybridized carbons (Fsp3) is 0.474. The molecule has 0 spiro atoms. The minimum absolute atomic E-state index is 0.217. The van der Waals surface area contributed by atoms with Crippen LogP contribution < -0.4 is 14.8 Å². The Balaban J connectivity index is 1.64. The number of hydrogen-bond acceptors (Lipinski definition) is 7. The fourth-order valence-corrected chi connectivity index (χ4v) is 3.93. The average Bonchev–Trinajstić information content (AvgIpc) is 3.06. The number of methoxy groups -OCH3 is 2. The number of carbonyl (C=O) groups excluding carboxylic acids is 1. The number of nitrogens with zero attached hydrogens (tertiary/aromatic N) is 2. The van der Waals surface area contributed by atoms with Crippen LogP contribution in [0.2, 0.25) is 0 Å². The molecule has 2 heterocycles. The van der Waals surface area contributed by atoms with Gasteiger partial charge in [0.15, 0.2) is 5.13 Å². The summed E-state index contributed by atoms with van der Waals surface area (Å²) in [6.45, 7) is 6.67. The number of nitrogens with one attached hydrogen (secondary N) is 1. The molecule has 2 atom stereocenters. The van der Waals surface area contributed by atoms with Gasteiger partial charge in [0.25, 0.3) is 5.91 Å². The van der Waals surface area contributed by atoms with E-state index in [1.165, 1.54) is 18.4 Å². The van der Waals surface area contributed by atoms with Crippen LogP contribution in [0.25, 0.3) is 0 Å². The van der Waals surface area contributed by atoms with Gasteiger partial charge in [-0.2, -0.15) is 0 Å². The van der Waals surface area contributed by atoms with Gasteiger partial charge in [0.05, 0.1) is 37.7 Å². The van der Waals surface area contributed by atoms with Gasteiger partial charge in [-0.1, -0.05) is 0 Å². The molecule has 27 heavy (non-hydrogen) atoms. The van der Waals surface area contributed by atoms with Crippen LogP contribution in [0.5, 0.6) is 11.5 Å². The molecule has 8 heteroatoms. The van der Waals surface area contributed by atoms with Gasteiger partial charge < -0.3 is 14.2 Å². The van der Waals surface area contributed by atoms with E-state index in [1.54, 1.807) is 25.3 Å². The molecule has 1 fully saturated rings. The van der Waals surface area contributed by atoms with Gasteiger partial charge in [-0.15, -0.1) is 11.3 Å². The second-order valence-electron chi connectivity index (χ2n) is 6.62. The highest BCUT2D eigenvalue weighted by molar-refractivity contribution is 7.14. The van der Waals surface area contributed by atoms with Gasteiger partial charge in [-0.3, -0.25) is 15.0 Å². The van der Waals surface area contributed by atoms with Crippen LogP contribution in [-0.2, 0) is 11.3 Å². The highest BCUT2D eigenvalue weighted by atomic mass is 32.1. The standard InChI is InChI=1S/C19H25N3O4S/c1-12-8-22(9-13(2)26-12)10-14-11-27-19(20-14)21-18(23)16-6-5-15(24-3)7-17(16)25-4/h5-7,11-13H,8-10H2,1-4H3,(H,20,21,23)/t12-,13-/m1/s1. The van der Waals surface area contributed by atoms with E-state index in [9.17, 15) is 4.79 Å². The summed E-state index contributed by atoms with van der Waals surface area (Å²) >= 11 is 1.42. The molecule has 0 unspecified atom stereocenters. The van der Waals surface area contributed by atoms with E-state index >= 15 is 0 Å². The van der Waals surface area contributed by atoms with E-state index < -0.39 is 0 Å². The summed E-state index contributed by atoms with van der Waals surface area (Å²) in [4.78, 5) is 19.5. The zero-order valence-corrected chi connectivity index (χ0v) is 16.8. The number of hydrogen-bond donors (Lipinski definition) is 1. The van der Waals surface area contributed by atoms with Gasteiger partial charge in [-0.25, -0.2) is 4.98 Å². The van der Waals surface area contributed by atoms with Crippen molar-refractivity contribution in [2.24, 2.45) is 0 Å². The summed E-state index contributed by atoms with van der Waals surface area (Å²) in [5.41, 5.74) is 1.38. The Hall–Kier alpha value is -2.16. The highest BCUT2D eigenvalue weighted by Gasteiger charge is 2.23. The van der Waals surface area contributed by atoms with Gasteiger partial charge in [0.2, 0.25) is 0 Å². The second kappa shape index (κ2) is 8.69. The molecule has 146 valence electrons. The predicted molar refractivity (Wildman–Crippen MR) is 105 cm³/mol. The largest absolute Gasteiger partial charge is 0.497 e. The molecule has 2 aromatic rings. The predicted octanol–water partition coefficient (Wildman–Crippen LogP) is 3.02. The molecule has 1 aromatic carbocycles. The van der Waals surface area contributed by atoms with Crippen molar-refractivity contribution in [3.63, 3.8) is 0 Å². The summed E-state index contributed by atoms with van der Waals surface area (Å²) < 4.78 is 16.2. The zero-order valence-electron chi connectivity index (χ0n) is 16.0. The van der Waals surface area contributed by atoms with Crippen molar-refractivity contribution in [3.8, 4) is 11.5 Å². The maximum atomic E-state index is 12.6. The fourth-order valence-electron chi connectivity index (χ4n) is 3.23. The first-order valence-corrected chi connectivity index (χ1v) is 9.72. The molecule has 0 bridgehead atoms. The maximum Gasteiger partial charge on any atom is 0.261 e. The second-order valence-corrected chi connectivity index (χ2v) is 7.47. The molecule has 1 aromatic heterocycles. The molecular weight excluding hydrogens is 366 g/mol. The number of aromatic nitrogens is 1. The first kappa shape index (κ1) is 19.6. The Morgan fingerprint density at radius 2 is 2.04 bits per heavy atom. The van der Waals surface area contributed by atoms with Crippen molar-refractivity contribution in [2.45, 2.75) is 32.6 Å². The maximum absolute atomic E-state index is 12.6. The summed E-state index contributed by atoms with van der Waals surface area (Å²) in [5, 5.41) is 5.40. The van der Waals surface area contributed by atoms with Crippen LogP contribution >= 0.6 is 11.3 Å². The Bertz CT molecular complexity index is 785. The smallest absolute Gasteiger partial charge is 0.261 e. The van der Waals surface area contributed by atoms with E-state index in [4.69, 9.17) is 14.2 Å². The normalized spacial score (nSPS) is 20.3. The lowest BCUT2D eigenvalue weighted by Gasteiger charge is -2.34. The third-order valence-corrected chi connectivity index (χ3v) is 5.11. The monoisotopic (exact) mass is 391 g/mol. The van der Waals surface area contributed by atoms with Gasteiger partial charge in [-0.05, 0) is 26.0 Å². The lowest BCUT2D eigenvalue weighted by atomic mass is 10.2. The lowest BCUT2D eigenvalue weighted by Crippen LogP contribution is -2.44. The van der Waals surface area contributed by atoms with Crippen molar-refractivity contribution in [1.82, 2.24) is 9.88 Å². The third kappa shape index (κ3) is 4.97. The van der Waals surface area contributed by atoms with Crippen LogP contribution in [0.15, 0.2) is 23.6 Å². The number of morpholine rings is 1. The van der Waals surface area contributed by atoms with E-state index in [0.717, 1.165) is 25.3 Å². The number of rotatable bonds is 6. The Labute approximate surface area is 163 Å². The summed E-state index contributed by atoms with van der Waals surface area (Å²) in [5.74, 6) is 0.831. The number of benzene rings is 1. The molecule has 0 radical (unpaired) electrons. The summed E-state index contributed by atoms with van der Waals surface area (Å²) in [6, 6.07) is 5.09. The van der Waals surface area contributed by atoms with Crippen molar-refractivity contribution in [1.29, 1.82) is 0 Å². The van der Waals surface area contributed by atoms with Gasteiger partial charge in [0.1, 0.15) is 11.5 Å². The molecule has 1 amide bonds. The minimum atomic E-state index is -0.260. The number of amides is 1. The summed E-state index contributed by atoms with van der Waals surface area (Å²) in [7, 11) is 3.10. The van der Waals surface area contributed by atoms with Crippen LogP contribution in [0, 0.1) is 0 Å². The van der Waals surface area contributed by atoms with E-state index in [-0.39, 0.29) is 18.1 Å². The van der Waals surface area contributed by atoms with Crippen molar-refractivity contribution >= 4 is 22.4 Å². The zero-order chi connectivity index (χ0) is 19.4. The van der Waals surface area contributed by atoms with E-state index in [2.05, 4.69) is 29.0 Å². The molecule has 1 N–H and O–H groups in total. The first-order chi connectivity index (χ1) is 13.0. The SMILES string of the molecule is COc1ccc(C(=O)Nc2nc(CN3C[C@@H](C)O[C@H](C)C3)cs2)c(OC)c1. The van der Waals surface area contributed by atoms with E-state index in [0.29, 0.717) is 22.2 Å². The van der Waals surface area contributed by atoms with Crippen LogP contribution in [0.3, 0.4) is 0 Å². The van der Waals surface area contributed by atoms with Crippen LogP contribution in [0.1, 0.15) is 29.9 Å². The van der Waals surface area contributed by atoms with Crippen LogP contribution in [-0.4, -0.2) is 55.3 Å². The molecule has 7 nitrogen and oxygen atoms in total. The molecule has 1 aliphatic heterocycles. The lowest BCUT2D eigenvalue weighted by molar-refractivity contribution is -0.0707. The van der Waals surface area contributed by atoms with Crippen molar-refractivity contribution < 1.29 is 19.0 Å². The molecule has 3 rings (SSSR count). The molecular formula is C19H25N3O4S. The van der Waals surface area contributed by atoms with Crippen molar-refractivity contribution in [2.75, 3.05) is 32.6 Å². The first-order valence-electron chi connectivity index (χ1n) is 8.84. The number of carbonyl (C=O) groups is 1. The Morgan fingerprint density at radius 3 is 2.70 bits per heavy atom. The highest BCUT2D eigenvalue weighted by Crippen LogP contribution is 2.26. The van der Waals surface area contributed by atoms with Crippen LogP contribution in [0.4, 0.5) is 5.13 Å². The van der Waals surface area contributed by atoms with Crippen molar-refractivity contribution in [3.05, 3.63) is 34.8 Å². The summed E-state index contributed by atoms with van der Waals surface area (Å²) in [6.07, 6.45) is 0.434. The molecule has 0 saturated carbocycles. The molecule has 0 aliphatic carbocycles. The quantitative estimate of drug-likeness (QED) is 0.816. The van der Waals surface area contributed by atoms with E-state index in [1.807, 2.05) is 5.38 Å². The molecule has 1 saturated heterocycles. The van der Waals surface area contributed by atoms with Gasteiger partial charge in [0, 0.05) is 31.1 Å². The minimum Gasteiger partial charge on any atom is -0.497 e. The number of anilines is 1. The average molecular weight is 391 g/mol. The number of ether oxygens (including phenoxy) is 3. The Morgan fingerprint density at radius 1 is 1.30 bits per heavy atom. The van der Waals surface area contributed by atoms with Gasteiger partial charge >= 0.3 is 0 Å². The third-order valence-electron chi connectivity index (χ3n) is 4.31. The topological polar surface area (TPSA) is 72.9 Å². The Kier molecular flexibility index (Phi) is 6.30. The molecule has 1 aliphatic rings. The number of thiazole rings is 1.